The molecule has 0 aliphatic heterocycles. The lowest BCUT2D eigenvalue weighted by Crippen LogP contribution is -2.34. The largest absolute Gasteiger partial charge is 0.492 e. The summed E-state index contributed by atoms with van der Waals surface area (Å²) in [5.41, 5.74) is 2.67. The maximum absolute atomic E-state index is 12.6. The maximum Gasteiger partial charge on any atom is 0.261 e. The minimum Gasteiger partial charge on any atom is -0.492 e. The Morgan fingerprint density at radius 2 is 1.82 bits per heavy atom. The summed E-state index contributed by atoms with van der Waals surface area (Å²) in [6.07, 6.45) is 0. The Labute approximate surface area is 170 Å². The van der Waals surface area contributed by atoms with Gasteiger partial charge in [0.15, 0.2) is 5.11 Å². The van der Waals surface area contributed by atoms with Gasteiger partial charge in [0.1, 0.15) is 5.75 Å². The van der Waals surface area contributed by atoms with Crippen LogP contribution in [0.1, 0.15) is 36.7 Å². The summed E-state index contributed by atoms with van der Waals surface area (Å²) in [6, 6.07) is 12.5. The van der Waals surface area contributed by atoms with Crippen LogP contribution in [0.3, 0.4) is 0 Å². The van der Waals surface area contributed by atoms with Crippen molar-refractivity contribution in [3.05, 3.63) is 53.6 Å². The van der Waals surface area contributed by atoms with E-state index in [1.807, 2.05) is 39.0 Å². The fourth-order valence-electron chi connectivity index (χ4n) is 2.39. The third kappa shape index (κ3) is 6.35. The van der Waals surface area contributed by atoms with Crippen molar-refractivity contribution in [2.75, 3.05) is 17.2 Å². The summed E-state index contributed by atoms with van der Waals surface area (Å²) in [4.78, 5) is 23.9. The molecule has 0 saturated heterocycles. The molecular weight excluding hydrogens is 374 g/mol. The van der Waals surface area contributed by atoms with Crippen LogP contribution in [0.4, 0.5) is 11.4 Å². The molecule has 2 aromatic rings. The van der Waals surface area contributed by atoms with Crippen LogP contribution in [0, 0.1) is 12.8 Å². The first kappa shape index (κ1) is 21.4. The lowest BCUT2D eigenvalue weighted by molar-refractivity contribution is -0.114. The Kier molecular flexibility index (Phi) is 7.52. The second-order valence-corrected chi connectivity index (χ2v) is 7.23. The van der Waals surface area contributed by atoms with Crippen molar-refractivity contribution in [3.8, 4) is 5.75 Å². The molecule has 0 atom stereocenters. The zero-order valence-electron chi connectivity index (χ0n) is 16.5. The first-order valence-corrected chi connectivity index (χ1v) is 9.39. The van der Waals surface area contributed by atoms with Crippen molar-refractivity contribution in [1.29, 1.82) is 0 Å². The molecule has 28 heavy (non-hydrogen) atoms. The fourth-order valence-corrected chi connectivity index (χ4v) is 2.60. The second kappa shape index (κ2) is 9.85. The van der Waals surface area contributed by atoms with E-state index in [0.717, 1.165) is 5.56 Å². The molecule has 0 spiro atoms. The summed E-state index contributed by atoms with van der Waals surface area (Å²) < 4.78 is 5.72. The summed E-state index contributed by atoms with van der Waals surface area (Å²) in [5, 5.41) is 8.53. The number of hydrogen-bond acceptors (Lipinski definition) is 4. The number of para-hydroxylation sites is 1. The average molecular weight is 400 g/mol. The van der Waals surface area contributed by atoms with Gasteiger partial charge in [-0.2, -0.15) is 0 Å². The van der Waals surface area contributed by atoms with Gasteiger partial charge in [0.25, 0.3) is 5.91 Å². The fraction of sp³-hybridized carbons (Fsp3) is 0.286. The van der Waals surface area contributed by atoms with Gasteiger partial charge in [0, 0.05) is 18.3 Å². The van der Waals surface area contributed by atoms with Gasteiger partial charge in [-0.15, -0.1) is 0 Å². The average Bonchev–Trinajstić information content (AvgIpc) is 2.62. The third-order valence-electron chi connectivity index (χ3n) is 3.74. The summed E-state index contributed by atoms with van der Waals surface area (Å²) >= 11 is 5.25. The number of anilines is 2. The number of ether oxygens (including phenoxy) is 1. The van der Waals surface area contributed by atoms with Crippen molar-refractivity contribution >= 4 is 40.5 Å². The van der Waals surface area contributed by atoms with E-state index in [2.05, 4.69) is 16.0 Å². The molecule has 2 amide bonds. The van der Waals surface area contributed by atoms with E-state index in [0.29, 0.717) is 35.2 Å². The number of thiocarbonyl (C=S) groups is 1. The van der Waals surface area contributed by atoms with Crippen molar-refractivity contribution in [2.45, 2.75) is 27.7 Å². The number of hydrogen-bond donors (Lipinski definition) is 3. The molecule has 148 valence electrons. The Bertz CT molecular complexity index is 881. The van der Waals surface area contributed by atoms with E-state index in [9.17, 15) is 9.59 Å². The van der Waals surface area contributed by atoms with Crippen LogP contribution in [0.15, 0.2) is 42.5 Å². The number of benzene rings is 2. The number of carbonyl (C=O) groups excluding carboxylic acids is 2. The lowest BCUT2D eigenvalue weighted by atomic mass is 10.1. The first-order valence-electron chi connectivity index (χ1n) is 8.98. The van der Waals surface area contributed by atoms with Crippen molar-refractivity contribution in [1.82, 2.24) is 5.32 Å². The standard InChI is InChI=1S/C21H25N3O3S/c1-13(2)12-27-19-8-6-5-7-17(19)20(26)24-21(28)23-16-10-9-14(3)18(11-16)22-15(4)25/h5-11,13H,12H2,1-4H3,(H,22,25)(H2,23,24,26,28). The molecule has 0 saturated carbocycles. The molecule has 0 unspecified atom stereocenters. The molecule has 0 fully saturated rings. The SMILES string of the molecule is CC(=O)Nc1cc(NC(=S)NC(=O)c2ccccc2OCC(C)C)ccc1C. The van der Waals surface area contributed by atoms with Crippen molar-refractivity contribution in [2.24, 2.45) is 5.92 Å². The molecular formula is C21H25N3O3S. The van der Waals surface area contributed by atoms with Crippen molar-refractivity contribution < 1.29 is 14.3 Å². The minimum absolute atomic E-state index is 0.154. The van der Waals surface area contributed by atoms with Crippen LogP contribution in [0.5, 0.6) is 5.75 Å². The van der Waals surface area contributed by atoms with E-state index in [1.54, 1.807) is 24.3 Å². The van der Waals surface area contributed by atoms with E-state index < -0.39 is 0 Å². The van der Waals surface area contributed by atoms with E-state index in [-0.39, 0.29) is 16.9 Å². The highest BCUT2D eigenvalue weighted by molar-refractivity contribution is 7.80. The topological polar surface area (TPSA) is 79.5 Å². The quantitative estimate of drug-likeness (QED) is 0.637. The van der Waals surface area contributed by atoms with Crippen molar-refractivity contribution in [3.63, 3.8) is 0 Å². The highest BCUT2D eigenvalue weighted by atomic mass is 32.1. The Morgan fingerprint density at radius 3 is 2.50 bits per heavy atom. The van der Waals surface area contributed by atoms with Gasteiger partial charge in [-0.05, 0) is 54.9 Å². The molecule has 2 aromatic carbocycles. The molecule has 6 nitrogen and oxygen atoms in total. The predicted molar refractivity (Wildman–Crippen MR) is 116 cm³/mol. The van der Waals surface area contributed by atoms with Gasteiger partial charge in [0.2, 0.25) is 5.91 Å². The monoisotopic (exact) mass is 399 g/mol. The Balaban J connectivity index is 2.06. The van der Waals surface area contributed by atoms with Crippen LogP contribution >= 0.6 is 12.2 Å². The third-order valence-corrected chi connectivity index (χ3v) is 3.94. The van der Waals surface area contributed by atoms with E-state index >= 15 is 0 Å². The smallest absolute Gasteiger partial charge is 0.261 e. The summed E-state index contributed by atoms with van der Waals surface area (Å²) in [5.74, 6) is 0.346. The zero-order chi connectivity index (χ0) is 20.7. The number of nitrogens with one attached hydrogen (secondary N) is 3. The minimum atomic E-state index is -0.356. The zero-order valence-corrected chi connectivity index (χ0v) is 17.3. The highest BCUT2D eigenvalue weighted by Gasteiger charge is 2.14. The lowest BCUT2D eigenvalue weighted by Gasteiger charge is -2.15. The van der Waals surface area contributed by atoms with Crippen LogP contribution in [-0.4, -0.2) is 23.5 Å². The van der Waals surface area contributed by atoms with Gasteiger partial charge in [-0.3, -0.25) is 14.9 Å². The number of carbonyl (C=O) groups is 2. The highest BCUT2D eigenvalue weighted by Crippen LogP contribution is 2.21. The molecule has 2 rings (SSSR count). The molecule has 3 N–H and O–H groups in total. The number of rotatable bonds is 6. The van der Waals surface area contributed by atoms with Gasteiger partial charge in [-0.1, -0.05) is 32.0 Å². The summed E-state index contributed by atoms with van der Waals surface area (Å²) in [6.45, 7) is 7.94. The maximum atomic E-state index is 12.6. The van der Waals surface area contributed by atoms with E-state index in [1.165, 1.54) is 6.92 Å². The first-order chi connectivity index (χ1) is 13.3. The molecule has 0 aromatic heterocycles. The Hall–Kier alpha value is -2.93. The molecule has 0 heterocycles. The van der Waals surface area contributed by atoms with Crippen LogP contribution in [0.2, 0.25) is 0 Å². The summed E-state index contributed by atoms with van der Waals surface area (Å²) in [7, 11) is 0. The number of amides is 2. The Morgan fingerprint density at radius 1 is 1.11 bits per heavy atom. The second-order valence-electron chi connectivity index (χ2n) is 6.82. The molecule has 0 bridgehead atoms. The van der Waals surface area contributed by atoms with Gasteiger partial charge in [0.05, 0.1) is 12.2 Å². The van der Waals surface area contributed by atoms with Crippen LogP contribution < -0.4 is 20.7 Å². The van der Waals surface area contributed by atoms with Gasteiger partial charge >= 0.3 is 0 Å². The molecule has 0 radical (unpaired) electrons. The van der Waals surface area contributed by atoms with E-state index in [4.69, 9.17) is 17.0 Å². The van der Waals surface area contributed by atoms with Crippen LogP contribution in [0.25, 0.3) is 0 Å². The van der Waals surface area contributed by atoms with Gasteiger partial charge in [-0.25, -0.2) is 0 Å². The van der Waals surface area contributed by atoms with Crippen LogP contribution in [-0.2, 0) is 4.79 Å². The molecule has 0 aliphatic rings. The number of aryl methyl sites for hydroxylation is 1. The molecule has 0 aliphatic carbocycles. The van der Waals surface area contributed by atoms with Gasteiger partial charge < -0.3 is 15.4 Å². The molecule has 7 heteroatoms. The predicted octanol–water partition coefficient (Wildman–Crippen LogP) is 4.12. The normalized spacial score (nSPS) is 10.3.